The fourth-order valence-corrected chi connectivity index (χ4v) is 4.52. The van der Waals surface area contributed by atoms with Gasteiger partial charge in [-0.05, 0) is 37.7 Å². The Morgan fingerprint density at radius 1 is 1.32 bits per heavy atom. The van der Waals surface area contributed by atoms with Crippen LogP contribution in [0.4, 0.5) is 5.82 Å². The number of anilines is 1. The number of hydrogen-bond acceptors (Lipinski definition) is 6. The molecule has 1 fully saturated rings. The zero-order valence-corrected chi connectivity index (χ0v) is 13.5. The van der Waals surface area contributed by atoms with Crippen LogP contribution >= 0.6 is 11.3 Å². The van der Waals surface area contributed by atoms with Gasteiger partial charge in [0.05, 0.1) is 24.7 Å². The summed E-state index contributed by atoms with van der Waals surface area (Å²) in [4.78, 5) is 11.5. The predicted molar refractivity (Wildman–Crippen MR) is 87.7 cm³/mol. The normalized spacial score (nSPS) is 20.6. The van der Waals surface area contributed by atoms with Crippen LogP contribution < -0.4 is 5.32 Å². The van der Waals surface area contributed by atoms with E-state index in [4.69, 9.17) is 9.47 Å². The molecule has 1 aliphatic carbocycles. The lowest BCUT2D eigenvalue weighted by Crippen LogP contribution is -2.18. The van der Waals surface area contributed by atoms with E-state index < -0.39 is 0 Å². The summed E-state index contributed by atoms with van der Waals surface area (Å²) in [6, 6.07) is 0. The molecule has 0 amide bonds. The minimum absolute atomic E-state index is 0.297. The summed E-state index contributed by atoms with van der Waals surface area (Å²) in [6.45, 7) is 3.03. The molecule has 6 heteroatoms. The van der Waals surface area contributed by atoms with Crippen LogP contribution in [0.3, 0.4) is 0 Å². The van der Waals surface area contributed by atoms with Gasteiger partial charge in [0.1, 0.15) is 17.0 Å². The predicted octanol–water partition coefficient (Wildman–Crippen LogP) is 2.79. The van der Waals surface area contributed by atoms with Gasteiger partial charge in [-0.15, -0.1) is 11.3 Å². The Morgan fingerprint density at radius 2 is 2.32 bits per heavy atom. The molecule has 1 N–H and O–H groups in total. The van der Waals surface area contributed by atoms with Gasteiger partial charge in [-0.3, -0.25) is 0 Å². The van der Waals surface area contributed by atoms with Crippen molar-refractivity contribution in [2.75, 3.05) is 31.7 Å². The van der Waals surface area contributed by atoms with Crippen molar-refractivity contribution in [2.45, 2.75) is 38.2 Å². The van der Waals surface area contributed by atoms with Crippen molar-refractivity contribution in [1.82, 2.24) is 9.97 Å². The van der Waals surface area contributed by atoms with Gasteiger partial charge in [-0.25, -0.2) is 9.97 Å². The first kappa shape index (κ1) is 14.4. The number of aryl methyl sites for hydroxylation is 2. The molecule has 1 unspecified atom stereocenters. The topological polar surface area (TPSA) is 56.3 Å². The van der Waals surface area contributed by atoms with E-state index >= 15 is 0 Å². The Labute approximate surface area is 134 Å². The molecule has 0 bridgehead atoms. The molecule has 1 aliphatic heterocycles. The number of thiophene rings is 1. The smallest absolute Gasteiger partial charge is 0.138 e. The Bertz CT molecular complexity index is 652. The summed E-state index contributed by atoms with van der Waals surface area (Å²) < 4.78 is 11.2. The Kier molecular flexibility index (Phi) is 4.23. The van der Waals surface area contributed by atoms with E-state index in [9.17, 15) is 0 Å². The third-order valence-electron chi connectivity index (χ3n) is 4.37. The first-order valence-corrected chi connectivity index (χ1v) is 8.92. The summed E-state index contributed by atoms with van der Waals surface area (Å²) >= 11 is 1.82. The number of hydrogen-bond donors (Lipinski definition) is 1. The number of ether oxygens (including phenoxy) is 2. The van der Waals surface area contributed by atoms with Gasteiger partial charge < -0.3 is 14.8 Å². The van der Waals surface area contributed by atoms with E-state index in [0.29, 0.717) is 19.3 Å². The second kappa shape index (κ2) is 6.48. The van der Waals surface area contributed by atoms with Crippen molar-refractivity contribution in [1.29, 1.82) is 0 Å². The average molecular weight is 319 g/mol. The third kappa shape index (κ3) is 2.83. The Hall–Kier alpha value is -1.24. The van der Waals surface area contributed by atoms with Crippen LogP contribution in [-0.2, 0) is 22.3 Å². The van der Waals surface area contributed by atoms with Crippen molar-refractivity contribution in [3.8, 4) is 0 Å². The van der Waals surface area contributed by atoms with Gasteiger partial charge in [0.15, 0.2) is 0 Å². The highest BCUT2D eigenvalue weighted by molar-refractivity contribution is 7.19. The van der Waals surface area contributed by atoms with Gasteiger partial charge in [-0.1, -0.05) is 0 Å². The van der Waals surface area contributed by atoms with E-state index in [1.54, 1.807) is 6.33 Å². The zero-order valence-electron chi connectivity index (χ0n) is 12.6. The molecule has 0 saturated carbocycles. The van der Waals surface area contributed by atoms with Crippen molar-refractivity contribution >= 4 is 27.4 Å². The minimum Gasteiger partial charge on any atom is -0.377 e. The molecule has 0 aromatic carbocycles. The van der Waals surface area contributed by atoms with E-state index in [0.717, 1.165) is 43.1 Å². The van der Waals surface area contributed by atoms with Gasteiger partial charge in [0.2, 0.25) is 0 Å². The maximum absolute atomic E-state index is 5.70. The van der Waals surface area contributed by atoms with Crippen LogP contribution in [0, 0.1) is 0 Å². The zero-order chi connectivity index (χ0) is 14.8. The molecule has 22 heavy (non-hydrogen) atoms. The molecule has 0 spiro atoms. The molecule has 2 aromatic heterocycles. The SMILES string of the molecule is c1nc(NCCOCC2CCCO2)c2c3c(sc2n1)CCC3. The van der Waals surface area contributed by atoms with Crippen molar-refractivity contribution in [3.63, 3.8) is 0 Å². The number of nitrogens with one attached hydrogen (secondary N) is 1. The Balaban J connectivity index is 1.35. The largest absolute Gasteiger partial charge is 0.377 e. The van der Waals surface area contributed by atoms with E-state index in [-0.39, 0.29) is 0 Å². The lowest BCUT2D eigenvalue weighted by molar-refractivity contribution is 0.0206. The quantitative estimate of drug-likeness (QED) is 0.830. The van der Waals surface area contributed by atoms with Crippen molar-refractivity contribution < 1.29 is 9.47 Å². The van der Waals surface area contributed by atoms with Crippen LogP contribution in [0.1, 0.15) is 29.7 Å². The maximum atomic E-state index is 5.70. The number of rotatable bonds is 6. The highest BCUT2D eigenvalue weighted by atomic mass is 32.1. The average Bonchev–Trinajstić information content (AvgIpc) is 3.23. The molecular formula is C16H21N3O2S. The van der Waals surface area contributed by atoms with Crippen LogP contribution in [0.25, 0.3) is 10.2 Å². The molecule has 3 heterocycles. The van der Waals surface area contributed by atoms with Gasteiger partial charge in [0.25, 0.3) is 0 Å². The van der Waals surface area contributed by atoms with Crippen LogP contribution in [0.5, 0.6) is 0 Å². The molecule has 2 aromatic rings. The Morgan fingerprint density at radius 3 is 3.23 bits per heavy atom. The highest BCUT2D eigenvalue weighted by Crippen LogP contribution is 2.38. The third-order valence-corrected chi connectivity index (χ3v) is 5.57. The molecule has 1 saturated heterocycles. The molecular weight excluding hydrogens is 298 g/mol. The fourth-order valence-electron chi connectivity index (χ4n) is 3.29. The summed E-state index contributed by atoms with van der Waals surface area (Å²) in [5, 5.41) is 4.65. The van der Waals surface area contributed by atoms with Crippen LogP contribution in [0.2, 0.25) is 0 Å². The minimum atomic E-state index is 0.297. The monoisotopic (exact) mass is 319 g/mol. The van der Waals surface area contributed by atoms with Crippen molar-refractivity contribution in [3.05, 3.63) is 16.8 Å². The first-order valence-electron chi connectivity index (χ1n) is 8.10. The number of nitrogens with zero attached hydrogens (tertiary/aromatic N) is 2. The van der Waals surface area contributed by atoms with E-state index in [2.05, 4.69) is 15.3 Å². The van der Waals surface area contributed by atoms with Gasteiger partial charge in [-0.2, -0.15) is 0 Å². The number of fused-ring (bicyclic) bond motifs is 3. The highest BCUT2D eigenvalue weighted by Gasteiger charge is 2.21. The lowest BCUT2D eigenvalue weighted by Gasteiger charge is -2.11. The molecule has 5 nitrogen and oxygen atoms in total. The molecule has 118 valence electrons. The van der Waals surface area contributed by atoms with Crippen molar-refractivity contribution in [2.24, 2.45) is 0 Å². The summed E-state index contributed by atoms with van der Waals surface area (Å²) in [5.41, 5.74) is 1.46. The standard InChI is InChI=1S/C16H21N3O2S/c1-4-12-13(5-1)22-16-14(12)15(18-10-19-16)17-6-8-20-9-11-3-2-7-21-11/h10-11H,1-9H2,(H,17,18,19). The molecule has 1 atom stereocenters. The van der Waals surface area contributed by atoms with Crippen LogP contribution in [-0.4, -0.2) is 42.4 Å². The van der Waals surface area contributed by atoms with Crippen LogP contribution in [0.15, 0.2) is 6.33 Å². The fraction of sp³-hybridized carbons (Fsp3) is 0.625. The summed E-state index contributed by atoms with van der Waals surface area (Å²) in [6.07, 6.45) is 7.85. The summed E-state index contributed by atoms with van der Waals surface area (Å²) in [7, 11) is 0. The van der Waals surface area contributed by atoms with E-state index in [1.807, 2.05) is 11.3 Å². The maximum Gasteiger partial charge on any atom is 0.138 e. The molecule has 4 rings (SSSR count). The molecule has 0 radical (unpaired) electrons. The second-order valence-corrected chi connectivity index (χ2v) is 6.98. The summed E-state index contributed by atoms with van der Waals surface area (Å²) in [5.74, 6) is 0.963. The van der Waals surface area contributed by atoms with Gasteiger partial charge in [0, 0.05) is 18.0 Å². The first-order chi connectivity index (χ1) is 10.9. The second-order valence-electron chi connectivity index (χ2n) is 5.90. The number of aromatic nitrogens is 2. The van der Waals surface area contributed by atoms with Gasteiger partial charge >= 0.3 is 0 Å². The lowest BCUT2D eigenvalue weighted by atomic mass is 10.2. The van der Waals surface area contributed by atoms with E-state index in [1.165, 1.54) is 28.7 Å². The molecule has 2 aliphatic rings.